The lowest BCUT2D eigenvalue weighted by molar-refractivity contribution is 0.471. The first-order chi connectivity index (χ1) is 8.75. The van der Waals surface area contributed by atoms with E-state index in [-0.39, 0.29) is 5.75 Å². The number of pyridine rings is 1. The Bertz CT molecular complexity index is 468. The van der Waals surface area contributed by atoms with E-state index in [0.717, 1.165) is 18.8 Å². The zero-order valence-electron chi connectivity index (χ0n) is 10.5. The van der Waals surface area contributed by atoms with Gasteiger partial charge in [-0.25, -0.2) is 0 Å². The van der Waals surface area contributed by atoms with Crippen molar-refractivity contribution >= 4 is 0 Å². The molecule has 0 saturated carbocycles. The number of nitrogens with zero attached hydrogens (tertiary/aromatic N) is 1. The summed E-state index contributed by atoms with van der Waals surface area (Å²) in [5, 5.41) is 12.5. The van der Waals surface area contributed by atoms with Gasteiger partial charge in [-0.2, -0.15) is 0 Å². The molecule has 0 radical (unpaired) electrons. The highest BCUT2D eigenvalue weighted by atomic mass is 16.3. The Morgan fingerprint density at radius 2 is 1.94 bits per heavy atom. The molecule has 94 valence electrons. The molecule has 1 unspecified atom stereocenters. The van der Waals surface area contributed by atoms with Crippen molar-refractivity contribution in [2.45, 2.75) is 19.4 Å². The Kier molecular flexibility index (Phi) is 4.31. The van der Waals surface area contributed by atoms with Gasteiger partial charge in [-0.05, 0) is 23.6 Å². The smallest absolute Gasteiger partial charge is 0.133 e. The zero-order valence-corrected chi connectivity index (χ0v) is 10.5. The van der Waals surface area contributed by atoms with Gasteiger partial charge in [0.1, 0.15) is 5.75 Å². The fraction of sp³-hybridized carbons (Fsp3) is 0.267. The normalized spacial score (nSPS) is 12.3. The van der Waals surface area contributed by atoms with Gasteiger partial charge in [-0.15, -0.1) is 0 Å². The third kappa shape index (κ3) is 3.57. The van der Waals surface area contributed by atoms with Crippen LogP contribution < -0.4 is 5.32 Å². The second-order valence-electron chi connectivity index (χ2n) is 4.45. The van der Waals surface area contributed by atoms with E-state index < -0.39 is 0 Å². The van der Waals surface area contributed by atoms with Gasteiger partial charge in [0, 0.05) is 13.1 Å². The molecular formula is C15H18N2O. The Balaban J connectivity index is 1.80. The predicted molar refractivity (Wildman–Crippen MR) is 72.5 cm³/mol. The minimum atomic E-state index is 0.205. The predicted octanol–water partition coefficient (Wildman–Crippen LogP) is 2.68. The van der Waals surface area contributed by atoms with E-state index in [1.54, 1.807) is 6.07 Å². The summed E-state index contributed by atoms with van der Waals surface area (Å²) in [4.78, 5) is 4.14. The molecule has 0 fully saturated rings. The molecule has 1 aromatic carbocycles. The van der Waals surface area contributed by atoms with Crippen LogP contribution in [0.15, 0.2) is 48.7 Å². The molecule has 0 aliphatic rings. The van der Waals surface area contributed by atoms with Crippen LogP contribution in [0.5, 0.6) is 5.75 Å². The van der Waals surface area contributed by atoms with Crippen LogP contribution in [-0.4, -0.2) is 16.6 Å². The molecule has 2 N–H and O–H groups in total. The maximum absolute atomic E-state index is 9.14. The third-order valence-electron chi connectivity index (χ3n) is 2.93. The monoisotopic (exact) mass is 242 g/mol. The van der Waals surface area contributed by atoms with E-state index in [0.29, 0.717) is 5.92 Å². The van der Waals surface area contributed by atoms with Crippen molar-refractivity contribution in [2.24, 2.45) is 0 Å². The Labute approximate surface area is 108 Å². The van der Waals surface area contributed by atoms with Crippen molar-refractivity contribution in [3.8, 4) is 5.75 Å². The molecule has 0 bridgehead atoms. The molecule has 1 heterocycles. The third-order valence-corrected chi connectivity index (χ3v) is 2.93. The molecule has 1 atom stereocenters. The summed E-state index contributed by atoms with van der Waals surface area (Å²) in [6.07, 6.45) is 1.47. The molecule has 3 nitrogen and oxygen atoms in total. The van der Waals surface area contributed by atoms with Crippen molar-refractivity contribution < 1.29 is 5.11 Å². The molecule has 2 rings (SSSR count). The lowest BCUT2D eigenvalue weighted by Crippen LogP contribution is -2.20. The van der Waals surface area contributed by atoms with Gasteiger partial charge >= 0.3 is 0 Å². The Morgan fingerprint density at radius 3 is 2.61 bits per heavy atom. The molecule has 18 heavy (non-hydrogen) atoms. The highest BCUT2D eigenvalue weighted by Crippen LogP contribution is 2.13. The molecule has 0 spiro atoms. The second kappa shape index (κ2) is 6.17. The van der Waals surface area contributed by atoms with Crippen molar-refractivity contribution in [2.75, 3.05) is 6.54 Å². The first-order valence-electron chi connectivity index (χ1n) is 6.15. The highest BCUT2D eigenvalue weighted by molar-refractivity contribution is 5.19. The largest absolute Gasteiger partial charge is 0.506 e. The molecule has 2 aromatic rings. The molecule has 3 heteroatoms. The average molecular weight is 242 g/mol. The summed E-state index contributed by atoms with van der Waals surface area (Å²) in [6, 6.07) is 13.9. The van der Waals surface area contributed by atoms with Crippen molar-refractivity contribution in [3.05, 3.63) is 59.9 Å². The van der Waals surface area contributed by atoms with Crippen LogP contribution >= 0.6 is 0 Å². The van der Waals surface area contributed by atoms with Gasteiger partial charge in [0.2, 0.25) is 0 Å². The van der Waals surface area contributed by atoms with Crippen LogP contribution in [0.4, 0.5) is 0 Å². The van der Waals surface area contributed by atoms with Crippen LogP contribution in [-0.2, 0) is 6.54 Å². The summed E-state index contributed by atoms with van der Waals surface area (Å²) >= 11 is 0. The number of nitrogens with one attached hydrogen (secondary N) is 1. The first-order valence-corrected chi connectivity index (χ1v) is 6.15. The van der Waals surface area contributed by atoms with Crippen LogP contribution in [0.2, 0.25) is 0 Å². The Morgan fingerprint density at radius 1 is 1.17 bits per heavy atom. The fourth-order valence-electron chi connectivity index (χ4n) is 1.84. The summed E-state index contributed by atoms with van der Waals surface area (Å²) in [6.45, 7) is 3.83. The fourth-order valence-corrected chi connectivity index (χ4v) is 1.84. The van der Waals surface area contributed by atoms with E-state index >= 15 is 0 Å². The number of hydrogen-bond acceptors (Lipinski definition) is 3. The topological polar surface area (TPSA) is 45.1 Å². The van der Waals surface area contributed by atoms with E-state index in [1.807, 2.05) is 12.1 Å². The van der Waals surface area contributed by atoms with Crippen molar-refractivity contribution in [3.63, 3.8) is 0 Å². The van der Waals surface area contributed by atoms with Crippen LogP contribution in [0, 0.1) is 0 Å². The molecular weight excluding hydrogens is 224 g/mol. The highest BCUT2D eigenvalue weighted by Gasteiger charge is 2.04. The van der Waals surface area contributed by atoms with Crippen molar-refractivity contribution in [1.29, 1.82) is 0 Å². The maximum atomic E-state index is 9.14. The number of aromatic nitrogens is 1. The van der Waals surface area contributed by atoms with Crippen LogP contribution in [0.1, 0.15) is 24.1 Å². The lowest BCUT2D eigenvalue weighted by Gasteiger charge is -2.12. The summed E-state index contributed by atoms with van der Waals surface area (Å²) < 4.78 is 0. The second-order valence-corrected chi connectivity index (χ2v) is 4.45. The number of benzene rings is 1. The van der Waals surface area contributed by atoms with Gasteiger partial charge in [-0.1, -0.05) is 37.3 Å². The van der Waals surface area contributed by atoms with E-state index in [4.69, 9.17) is 5.11 Å². The quantitative estimate of drug-likeness (QED) is 0.847. The molecule has 1 aromatic heterocycles. The number of hydrogen-bond donors (Lipinski definition) is 2. The minimum absolute atomic E-state index is 0.205. The molecule has 0 aliphatic heterocycles. The number of rotatable bonds is 5. The standard InChI is InChI=1S/C15H18N2O/c1-12(13-5-3-2-4-6-13)9-16-10-14-7-8-15(18)11-17-14/h2-8,11-12,16,18H,9-10H2,1H3. The number of aromatic hydroxyl groups is 1. The zero-order chi connectivity index (χ0) is 12.8. The van der Waals surface area contributed by atoms with E-state index in [1.165, 1.54) is 11.8 Å². The van der Waals surface area contributed by atoms with Crippen LogP contribution in [0.3, 0.4) is 0 Å². The van der Waals surface area contributed by atoms with Crippen LogP contribution in [0.25, 0.3) is 0 Å². The van der Waals surface area contributed by atoms with E-state index in [2.05, 4.69) is 41.5 Å². The summed E-state index contributed by atoms with van der Waals surface area (Å²) in [5.74, 6) is 0.680. The molecule has 0 amide bonds. The SMILES string of the molecule is CC(CNCc1ccc(O)cn1)c1ccccc1. The van der Waals surface area contributed by atoms with Gasteiger partial charge < -0.3 is 10.4 Å². The Hall–Kier alpha value is -1.87. The summed E-state index contributed by atoms with van der Waals surface area (Å²) in [5.41, 5.74) is 2.27. The molecule has 0 aliphatic carbocycles. The van der Waals surface area contributed by atoms with E-state index in [9.17, 15) is 0 Å². The lowest BCUT2D eigenvalue weighted by atomic mass is 10.0. The van der Waals surface area contributed by atoms with Crippen molar-refractivity contribution in [1.82, 2.24) is 10.3 Å². The average Bonchev–Trinajstić information content (AvgIpc) is 2.42. The van der Waals surface area contributed by atoms with Gasteiger partial charge in [0.05, 0.1) is 11.9 Å². The maximum Gasteiger partial charge on any atom is 0.133 e. The van der Waals surface area contributed by atoms with Gasteiger partial charge in [-0.3, -0.25) is 4.98 Å². The van der Waals surface area contributed by atoms with Gasteiger partial charge in [0.25, 0.3) is 0 Å². The van der Waals surface area contributed by atoms with Gasteiger partial charge in [0.15, 0.2) is 0 Å². The molecule has 0 saturated heterocycles. The first kappa shape index (κ1) is 12.6. The minimum Gasteiger partial charge on any atom is -0.506 e. The summed E-state index contributed by atoms with van der Waals surface area (Å²) in [7, 11) is 0.